The number of carbonyl (C=O) groups excluding carboxylic acids is 3. The molecule has 3 unspecified atom stereocenters. The van der Waals surface area contributed by atoms with E-state index in [-0.39, 0.29) is 31.8 Å². The molecule has 0 heterocycles. The molecule has 0 spiro atoms. The Kier molecular flexibility index (Phi) is 5.76. The summed E-state index contributed by atoms with van der Waals surface area (Å²) in [5, 5.41) is 9.91. The second-order valence-electron chi connectivity index (χ2n) is 8.36. The predicted molar refractivity (Wildman–Crippen MR) is 91.4 cm³/mol. The molecular formula is C19H28O8. The van der Waals surface area contributed by atoms with Gasteiger partial charge in [0.15, 0.2) is 0 Å². The number of hydrogen-bond acceptors (Lipinski definition) is 8. The summed E-state index contributed by atoms with van der Waals surface area (Å²) >= 11 is 0. The highest BCUT2D eigenvalue weighted by atomic mass is 16.6. The van der Waals surface area contributed by atoms with E-state index in [0.717, 1.165) is 32.1 Å². The van der Waals surface area contributed by atoms with Crippen molar-refractivity contribution < 1.29 is 38.4 Å². The van der Waals surface area contributed by atoms with Gasteiger partial charge in [-0.3, -0.25) is 9.59 Å². The minimum Gasteiger partial charge on any atom is -0.467 e. The Balaban J connectivity index is 1.55. The van der Waals surface area contributed by atoms with Crippen LogP contribution in [0.3, 0.4) is 0 Å². The van der Waals surface area contributed by atoms with Gasteiger partial charge in [0.2, 0.25) is 0 Å². The minimum absolute atomic E-state index is 0.127. The molecule has 4 rings (SSSR count). The largest absolute Gasteiger partial charge is 0.467 e. The van der Waals surface area contributed by atoms with E-state index in [0.29, 0.717) is 18.3 Å². The summed E-state index contributed by atoms with van der Waals surface area (Å²) in [7, 11) is 1.25. The van der Waals surface area contributed by atoms with Gasteiger partial charge < -0.3 is 24.1 Å². The highest BCUT2D eigenvalue weighted by Gasteiger charge is 2.62. The van der Waals surface area contributed by atoms with Crippen LogP contribution < -0.4 is 0 Å². The molecule has 4 saturated carbocycles. The fraction of sp³-hybridized carbons (Fsp3) is 0.842. The monoisotopic (exact) mass is 384 g/mol. The second-order valence-corrected chi connectivity index (χ2v) is 8.36. The van der Waals surface area contributed by atoms with Gasteiger partial charge in [-0.25, -0.2) is 4.79 Å². The average molecular weight is 384 g/mol. The van der Waals surface area contributed by atoms with Gasteiger partial charge >= 0.3 is 17.9 Å². The molecule has 27 heavy (non-hydrogen) atoms. The Morgan fingerprint density at radius 2 is 1.78 bits per heavy atom. The quantitative estimate of drug-likeness (QED) is 0.487. The van der Waals surface area contributed by atoms with Crippen molar-refractivity contribution >= 4 is 17.9 Å². The minimum atomic E-state index is -1.02. The predicted octanol–water partition coefficient (Wildman–Crippen LogP) is 0.982. The Labute approximate surface area is 158 Å². The molecule has 0 aromatic rings. The third kappa shape index (κ3) is 4.43. The van der Waals surface area contributed by atoms with Gasteiger partial charge in [-0.15, -0.1) is 0 Å². The van der Waals surface area contributed by atoms with Crippen molar-refractivity contribution in [3.05, 3.63) is 0 Å². The lowest BCUT2D eigenvalue weighted by Crippen LogP contribution is -2.60. The lowest BCUT2D eigenvalue weighted by Gasteiger charge is -2.59. The van der Waals surface area contributed by atoms with E-state index in [1.807, 2.05) is 0 Å². The van der Waals surface area contributed by atoms with Crippen LogP contribution in [0, 0.1) is 17.3 Å². The molecule has 3 atom stereocenters. The van der Waals surface area contributed by atoms with E-state index in [2.05, 4.69) is 4.74 Å². The number of hydrogen-bond donors (Lipinski definition) is 1. The van der Waals surface area contributed by atoms with E-state index < -0.39 is 23.1 Å². The molecule has 0 aliphatic heterocycles. The molecule has 0 saturated heterocycles. The van der Waals surface area contributed by atoms with Gasteiger partial charge in [0, 0.05) is 13.3 Å². The van der Waals surface area contributed by atoms with Crippen LogP contribution in [-0.2, 0) is 33.3 Å². The average Bonchev–Trinajstić information content (AvgIpc) is 2.57. The van der Waals surface area contributed by atoms with Crippen LogP contribution in [0.15, 0.2) is 0 Å². The van der Waals surface area contributed by atoms with Gasteiger partial charge in [0.05, 0.1) is 19.1 Å². The van der Waals surface area contributed by atoms with Crippen LogP contribution in [0.1, 0.15) is 45.4 Å². The molecule has 152 valence electrons. The van der Waals surface area contributed by atoms with Crippen LogP contribution in [0.2, 0.25) is 0 Å². The zero-order valence-corrected chi connectivity index (χ0v) is 15.9. The van der Waals surface area contributed by atoms with E-state index >= 15 is 0 Å². The highest BCUT2D eigenvalue weighted by molar-refractivity contribution is 5.78. The molecule has 0 aromatic heterocycles. The van der Waals surface area contributed by atoms with Gasteiger partial charge in [-0.2, -0.15) is 0 Å². The summed E-state index contributed by atoms with van der Waals surface area (Å²) in [5.41, 5.74) is -1.18. The van der Waals surface area contributed by atoms with Crippen molar-refractivity contribution in [3.63, 3.8) is 0 Å². The fourth-order valence-electron chi connectivity index (χ4n) is 5.55. The molecule has 4 bridgehead atoms. The molecule has 8 heteroatoms. The molecule has 0 radical (unpaired) electrons. The van der Waals surface area contributed by atoms with Crippen LogP contribution in [-0.4, -0.2) is 61.6 Å². The fourth-order valence-corrected chi connectivity index (χ4v) is 5.55. The number of ether oxygens (including phenoxy) is 4. The summed E-state index contributed by atoms with van der Waals surface area (Å²) in [6.07, 6.45) is 3.70. The second kappa shape index (κ2) is 7.75. The van der Waals surface area contributed by atoms with Gasteiger partial charge in [0.25, 0.3) is 0 Å². The molecule has 4 aliphatic rings. The Morgan fingerprint density at radius 3 is 2.37 bits per heavy atom. The number of rotatable bonds is 8. The van der Waals surface area contributed by atoms with Crippen molar-refractivity contribution in [2.24, 2.45) is 17.3 Å². The summed E-state index contributed by atoms with van der Waals surface area (Å²) in [6.45, 7) is 0.823. The van der Waals surface area contributed by atoms with Crippen LogP contribution in [0.4, 0.5) is 0 Å². The summed E-state index contributed by atoms with van der Waals surface area (Å²) in [6, 6.07) is 0. The van der Waals surface area contributed by atoms with Crippen molar-refractivity contribution in [3.8, 4) is 0 Å². The SMILES string of the molecule is COC(=O)COCC(O)COC(=O)C12CC3CC(CC(OC(C)=O)(C3)C1)C2. The topological polar surface area (TPSA) is 108 Å². The normalized spacial score (nSPS) is 34.8. The van der Waals surface area contributed by atoms with E-state index in [1.165, 1.54) is 14.0 Å². The summed E-state index contributed by atoms with van der Waals surface area (Å²) in [4.78, 5) is 35.4. The maximum Gasteiger partial charge on any atom is 0.331 e. The molecule has 1 N–H and O–H groups in total. The highest BCUT2D eigenvalue weighted by Crippen LogP contribution is 2.63. The molecule has 0 amide bonds. The maximum absolute atomic E-state index is 12.9. The van der Waals surface area contributed by atoms with E-state index in [1.54, 1.807) is 0 Å². The maximum atomic E-state index is 12.9. The van der Waals surface area contributed by atoms with Crippen molar-refractivity contribution in [2.45, 2.75) is 57.2 Å². The third-order valence-electron chi connectivity index (χ3n) is 5.97. The lowest BCUT2D eigenvalue weighted by molar-refractivity contribution is -0.212. The molecule has 0 aromatic carbocycles. The molecule has 4 aliphatic carbocycles. The number of aliphatic hydroxyl groups is 1. The van der Waals surface area contributed by atoms with Crippen molar-refractivity contribution in [1.29, 1.82) is 0 Å². The van der Waals surface area contributed by atoms with Gasteiger partial charge in [0.1, 0.15) is 24.9 Å². The number of esters is 3. The Morgan fingerprint density at radius 1 is 1.11 bits per heavy atom. The number of methoxy groups -OCH3 is 1. The van der Waals surface area contributed by atoms with Crippen molar-refractivity contribution in [1.82, 2.24) is 0 Å². The van der Waals surface area contributed by atoms with Gasteiger partial charge in [-0.1, -0.05) is 0 Å². The molecular weight excluding hydrogens is 356 g/mol. The summed E-state index contributed by atoms with van der Waals surface area (Å²) < 4.78 is 20.5. The van der Waals surface area contributed by atoms with Crippen LogP contribution in [0.5, 0.6) is 0 Å². The first-order chi connectivity index (χ1) is 12.8. The first-order valence-electron chi connectivity index (χ1n) is 9.45. The molecule has 8 nitrogen and oxygen atoms in total. The Hall–Kier alpha value is -1.67. The first kappa shape index (κ1) is 20.1. The summed E-state index contributed by atoms with van der Waals surface area (Å²) in [5.74, 6) is -0.444. The third-order valence-corrected chi connectivity index (χ3v) is 5.97. The van der Waals surface area contributed by atoms with E-state index in [4.69, 9.17) is 14.2 Å². The van der Waals surface area contributed by atoms with Crippen LogP contribution >= 0.6 is 0 Å². The first-order valence-corrected chi connectivity index (χ1v) is 9.45. The van der Waals surface area contributed by atoms with Gasteiger partial charge in [-0.05, 0) is 43.9 Å². The zero-order valence-electron chi connectivity index (χ0n) is 15.9. The van der Waals surface area contributed by atoms with E-state index in [9.17, 15) is 19.5 Å². The smallest absolute Gasteiger partial charge is 0.331 e. The standard InChI is InChI=1S/C19H28O8/c1-12(20)27-19-6-13-3-14(7-19)5-18(4-13,11-19)17(23)26-9-15(21)8-25-10-16(22)24-2/h13-15,21H,3-11H2,1-2H3. The molecule has 4 fully saturated rings. The Bertz CT molecular complexity index is 587. The lowest BCUT2D eigenvalue weighted by atomic mass is 9.48. The number of aliphatic hydroxyl groups excluding tert-OH is 1. The zero-order chi connectivity index (χ0) is 19.7. The number of carbonyl (C=O) groups is 3. The van der Waals surface area contributed by atoms with Crippen molar-refractivity contribution in [2.75, 3.05) is 26.9 Å². The van der Waals surface area contributed by atoms with Crippen LogP contribution in [0.25, 0.3) is 0 Å².